The molecule has 0 unspecified atom stereocenters. The molecule has 0 spiro atoms. The van der Waals surface area contributed by atoms with E-state index in [1.807, 2.05) is 17.4 Å². The van der Waals surface area contributed by atoms with Gasteiger partial charge in [0.2, 0.25) is 13.6 Å². The zero-order valence-electron chi connectivity index (χ0n) is 34.4. The van der Waals surface area contributed by atoms with Gasteiger partial charge in [-0.3, -0.25) is 0 Å². The maximum Gasteiger partial charge on any atom is 0.264 e. The van der Waals surface area contributed by atoms with Gasteiger partial charge in [0.25, 0.3) is 6.71 Å². The maximum absolute atomic E-state index is 6.14. The molecule has 6 aromatic rings. The molecule has 284 valence electrons. The van der Waals surface area contributed by atoms with Gasteiger partial charge in [0.1, 0.15) is 0 Å². The summed E-state index contributed by atoms with van der Waals surface area (Å²) < 4.78 is 26.6. The second-order valence-electron chi connectivity index (χ2n) is 19.1. The number of nitrogens with zero attached hydrogens (tertiary/aromatic N) is 2. The van der Waals surface area contributed by atoms with E-state index in [0.717, 1.165) is 40.1 Å². The quantitative estimate of drug-likeness (QED) is 0.164. The Labute approximate surface area is 335 Å². The monoisotopic (exact) mass is 760 g/mol. The molecule has 0 saturated heterocycles. The Kier molecular flexibility index (Phi) is 7.41. The Morgan fingerprint density at radius 3 is 1.75 bits per heavy atom. The molecule has 0 radical (unpaired) electrons. The van der Waals surface area contributed by atoms with E-state index in [-0.39, 0.29) is 36.5 Å². The first kappa shape index (κ1) is 35.3. The third-order valence-corrected chi connectivity index (χ3v) is 13.3. The molecular weight excluding hydrogens is 711 g/mol. The number of aryl methyl sites for hydroxylation is 2. The van der Waals surface area contributed by atoms with Crippen LogP contribution in [-0.2, 0) is 16.2 Å². The Hall–Kier alpha value is -5.08. The van der Waals surface area contributed by atoms with Crippen LogP contribution >= 0.6 is 11.3 Å². The normalized spacial score (nSPS) is 15.4. The largest absolute Gasteiger partial charge is 0.454 e. The van der Waals surface area contributed by atoms with Crippen LogP contribution in [0.3, 0.4) is 0 Å². The Balaban J connectivity index is 1.36. The van der Waals surface area contributed by atoms with Gasteiger partial charge < -0.3 is 28.7 Å². The first-order chi connectivity index (χ1) is 26.5. The Morgan fingerprint density at radius 2 is 1.11 bits per heavy atom. The molecule has 0 atom stereocenters. The highest BCUT2D eigenvalue weighted by molar-refractivity contribution is 7.33. The molecule has 4 aliphatic rings. The summed E-state index contributed by atoms with van der Waals surface area (Å²) in [5, 5.41) is 1.30. The average Bonchev–Trinajstić information content (AvgIpc) is 3.88. The predicted molar refractivity (Wildman–Crippen MR) is 234 cm³/mol. The molecule has 6 nitrogen and oxygen atoms in total. The van der Waals surface area contributed by atoms with Gasteiger partial charge >= 0.3 is 0 Å². The number of hydrogen-bond acceptors (Lipinski definition) is 7. The number of ether oxygens (including phenoxy) is 4. The lowest BCUT2D eigenvalue weighted by molar-refractivity contribution is 0.173. The summed E-state index contributed by atoms with van der Waals surface area (Å²) in [7, 11) is 0. The molecule has 56 heavy (non-hydrogen) atoms. The first-order valence-corrected chi connectivity index (χ1v) is 20.6. The van der Waals surface area contributed by atoms with Gasteiger partial charge in [-0.1, -0.05) is 80.5 Å². The summed E-state index contributed by atoms with van der Waals surface area (Å²) in [5.74, 6) is 3.07. The summed E-state index contributed by atoms with van der Waals surface area (Å²) in [6.07, 6.45) is 0. The van der Waals surface area contributed by atoms with E-state index in [4.69, 9.17) is 18.9 Å². The van der Waals surface area contributed by atoms with E-state index >= 15 is 0 Å². The number of rotatable bonds is 2. The SMILES string of the molecule is Cc1cc(C(C)(C)C)cc(C)c1N1c2cc(C(C)(C)C)cc3c2B(c2cc4c(cc2N3c2ccc3c(c2)OCO3)OCO4)c2sc3ccc(C(C)(C)C)cc3c21. The second-order valence-corrected chi connectivity index (χ2v) is 20.2. The smallest absolute Gasteiger partial charge is 0.264 e. The van der Waals surface area contributed by atoms with E-state index in [1.165, 1.54) is 70.7 Å². The van der Waals surface area contributed by atoms with E-state index in [1.54, 1.807) is 0 Å². The fourth-order valence-corrected chi connectivity index (χ4v) is 10.3. The summed E-state index contributed by atoms with van der Waals surface area (Å²) in [6.45, 7) is 25.8. The molecule has 5 aromatic carbocycles. The van der Waals surface area contributed by atoms with Crippen molar-refractivity contribution in [3.8, 4) is 23.0 Å². The molecule has 5 heterocycles. The van der Waals surface area contributed by atoms with Crippen molar-refractivity contribution in [2.45, 2.75) is 92.4 Å². The van der Waals surface area contributed by atoms with Gasteiger partial charge in [-0.25, -0.2) is 0 Å². The van der Waals surface area contributed by atoms with Crippen molar-refractivity contribution >= 4 is 78.0 Å². The molecule has 0 aliphatic carbocycles. The zero-order valence-corrected chi connectivity index (χ0v) is 35.2. The van der Waals surface area contributed by atoms with E-state index < -0.39 is 0 Å². The highest BCUT2D eigenvalue weighted by Crippen LogP contribution is 2.53. The summed E-state index contributed by atoms with van der Waals surface area (Å²) in [6, 6.07) is 27.6. The average molecular weight is 761 g/mol. The van der Waals surface area contributed by atoms with Gasteiger partial charge in [0.05, 0.1) is 17.1 Å². The lowest BCUT2D eigenvalue weighted by Gasteiger charge is -2.44. The number of fused-ring (bicyclic) bond motifs is 8. The first-order valence-electron chi connectivity index (χ1n) is 19.8. The molecule has 4 aliphatic heterocycles. The standard InChI is InChI=1S/C48H49BN2O4S/c1-26-16-29(47(6,7)8)17-27(2)43(26)51-36-20-30(48(9,10)11)19-35-42(36)49(45-44(51)32-18-28(46(3,4)5)12-15-41(32)56-45)33-22-39-40(55-25-54-39)23-34(33)50(35)31-13-14-37-38(21-31)53-24-52-37/h12-23H,24-25H2,1-11H3. The van der Waals surface area contributed by atoms with Crippen molar-refractivity contribution < 1.29 is 18.9 Å². The van der Waals surface area contributed by atoms with Crippen molar-refractivity contribution in [2.24, 2.45) is 0 Å². The molecule has 0 amide bonds. The van der Waals surface area contributed by atoms with Gasteiger partial charge in [0.15, 0.2) is 23.0 Å². The van der Waals surface area contributed by atoms with Crippen molar-refractivity contribution in [3.05, 3.63) is 101 Å². The fourth-order valence-electron chi connectivity index (χ4n) is 9.04. The highest BCUT2D eigenvalue weighted by atomic mass is 32.1. The summed E-state index contributed by atoms with van der Waals surface area (Å²) >= 11 is 1.93. The number of hydrogen-bond donors (Lipinski definition) is 0. The third-order valence-electron chi connectivity index (χ3n) is 12.1. The van der Waals surface area contributed by atoms with Crippen LogP contribution in [0.15, 0.2) is 72.8 Å². The molecule has 0 saturated carbocycles. The van der Waals surface area contributed by atoms with Crippen molar-refractivity contribution in [1.82, 2.24) is 0 Å². The molecule has 1 aromatic heterocycles. The van der Waals surface area contributed by atoms with Crippen LogP contribution in [0.2, 0.25) is 0 Å². The van der Waals surface area contributed by atoms with Crippen molar-refractivity contribution in [1.29, 1.82) is 0 Å². The lowest BCUT2D eigenvalue weighted by Crippen LogP contribution is -2.60. The Morgan fingerprint density at radius 1 is 0.536 bits per heavy atom. The minimum absolute atomic E-state index is 0.00632. The van der Waals surface area contributed by atoms with Crippen LogP contribution in [0, 0.1) is 13.8 Å². The Bertz CT molecular complexity index is 2640. The molecule has 0 N–H and O–H groups in total. The van der Waals surface area contributed by atoms with Gasteiger partial charge in [-0.15, -0.1) is 11.3 Å². The highest BCUT2D eigenvalue weighted by Gasteiger charge is 2.47. The molecule has 8 heteroatoms. The van der Waals surface area contributed by atoms with Crippen molar-refractivity contribution in [2.75, 3.05) is 23.4 Å². The van der Waals surface area contributed by atoms with E-state index in [0.29, 0.717) is 0 Å². The zero-order chi connectivity index (χ0) is 39.2. The summed E-state index contributed by atoms with van der Waals surface area (Å²) in [5.41, 5.74) is 15.8. The van der Waals surface area contributed by atoms with Gasteiger partial charge in [-0.05, 0) is 111 Å². The minimum Gasteiger partial charge on any atom is -0.454 e. The minimum atomic E-state index is -0.140. The predicted octanol–water partition coefficient (Wildman–Crippen LogP) is 11.0. The van der Waals surface area contributed by atoms with Crippen LogP contribution in [0.1, 0.15) is 90.1 Å². The third kappa shape index (κ3) is 5.21. The van der Waals surface area contributed by atoms with Crippen LogP contribution in [0.25, 0.3) is 10.1 Å². The molecule has 0 fully saturated rings. The molecule has 10 rings (SSSR count). The second kappa shape index (κ2) is 11.7. The molecule has 0 bridgehead atoms. The van der Waals surface area contributed by atoms with Crippen LogP contribution < -0.4 is 44.4 Å². The lowest BCUT2D eigenvalue weighted by atomic mass is 9.36. The maximum atomic E-state index is 6.14. The van der Waals surface area contributed by atoms with E-state index in [9.17, 15) is 0 Å². The number of thiophene rings is 1. The van der Waals surface area contributed by atoms with Crippen molar-refractivity contribution in [3.63, 3.8) is 0 Å². The van der Waals surface area contributed by atoms with Crippen LogP contribution in [0.5, 0.6) is 23.0 Å². The fraction of sp³-hybridized carbons (Fsp3) is 0.333. The van der Waals surface area contributed by atoms with Gasteiger partial charge in [0, 0.05) is 44.1 Å². The van der Waals surface area contributed by atoms with Crippen LogP contribution in [0.4, 0.5) is 34.1 Å². The summed E-state index contributed by atoms with van der Waals surface area (Å²) in [4.78, 5) is 5.05. The topological polar surface area (TPSA) is 43.4 Å². The molecular formula is C48H49BN2O4S. The number of anilines is 6. The van der Waals surface area contributed by atoms with E-state index in [2.05, 4.69) is 153 Å². The van der Waals surface area contributed by atoms with Crippen LogP contribution in [-0.4, -0.2) is 20.3 Å². The number of benzene rings is 5. The van der Waals surface area contributed by atoms with Gasteiger partial charge in [-0.2, -0.15) is 0 Å².